The highest BCUT2D eigenvalue weighted by Gasteiger charge is 2.16. The van der Waals surface area contributed by atoms with E-state index in [0.29, 0.717) is 13.2 Å². The van der Waals surface area contributed by atoms with Gasteiger partial charge >= 0.3 is 0 Å². The minimum absolute atomic E-state index is 0.168. The zero-order chi connectivity index (χ0) is 16.8. The van der Waals surface area contributed by atoms with Gasteiger partial charge in [0.25, 0.3) is 0 Å². The average molecular weight is 323 g/mol. The third-order valence-electron chi connectivity index (χ3n) is 3.82. The summed E-state index contributed by atoms with van der Waals surface area (Å²) in [5, 5.41) is 2.92. The molecule has 1 aromatic carbocycles. The molecule has 0 spiro atoms. The molecule has 24 heavy (non-hydrogen) atoms. The molecule has 3 rings (SSSR count). The molecule has 0 saturated carbocycles. The van der Waals surface area contributed by atoms with E-state index in [1.54, 1.807) is 12.3 Å². The van der Waals surface area contributed by atoms with Crippen LogP contribution in [0.2, 0.25) is 0 Å². The molecule has 2 aromatic rings. The first-order valence-corrected chi connectivity index (χ1v) is 8.06. The Balaban J connectivity index is 1.70. The largest absolute Gasteiger partial charge is 0.378 e. The van der Waals surface area contributed by atoms with Crippen molar-refractivity contribution in [1.29, 1.82) is 0 Å². The van der Waals surface area contributed by atoms with Crippen LogP contribution < -0.4 is 10.2 Å². The minimum Gasteiger partial charge on any atom is -0.378 e. The number of pyridine rings is 1. The van der Waals surface area contributed by atoms with Gasteiger partial charge < -0.3 is 15.0 Å². The first kappa shape index (κ1) is 16.2. The molecule has 1 saturated heterocycles. The lowest BCUT2D eigenvalue weighted by Gasteiger charge is -2.29. The van der Waals surface area contributed by atoms with Crippen LogP contribution in [0, 0.1) is 6.92 Å². The number of aromatic nitrogens is 1. The Bertz CT molecular complexity index is 737. The summed E-state index contributed by atoms with van der Waals surface area (Å²) in [5.74, 6) is 0.622. The number of anilines is 2. The molecule has 1 N–H and O–H groups in total. The van der Waals surface area contributed by atoms with Crippen molar-refractivity contribution in [1.82, 2.24) is 4.98 Å². The number of hydrogen-bond donors (Lipinski definition) is 1. The Morgan fingerprint density at radius 1 is 1.25 bits per heavy atom. The van der Waals surface area contributed by atoms with Gasteiger partial charge in [0.2, 0.25) is 5.91 Å². The van der Waals surface area contributed by atoms with Gasteiger partial charge in [-0.15, -0.1) is 0 Å². The van der Waals surface area contributed by atoms with Crippen LogP contribution in [-0.2, 0) is 9.53 Å². The number of carbonyl (C=O) groups excluding carboxylic acids is 1. The van der Waals surface area contributed by atoms with E-state index in [2.05, 4.69) is 15.2 Å². The summed E-state index contributed by atoms with van der Waals surface area (Å²) >= 11 is 0. The van der Waals surface area contributed by atoms with Crippen LogP contribution in [0.3, 0.4) is 0 Å². The fraction of sp³-hybridized carbons (Fsp3) is 0.263. The van der Waals surface area contributed by atoms with E-state index in [-0.39, 0.29) is 5.91 Å². The number of nitrogens with one attached hydrogen (secondary N) is 1. The molecular weight excluding hydrogens is 302 g/mol. The Labute approximate surface area is 142 Å². The van der Waals surface area contributed by atoms with Crippen LogP contribution in [0.15, 0.2) is 48.7 Å². The summed E-state index contributed by atoms with van der Waals surface area (Å²) in [7, 11) is 0. The zero-order valence-electron chi connectivity index (χ0n) is 13.7. The predicted molar refractivity (Wildman–Crippen MR) is 96.1 cm³/mol. The van der Waals surface area contributed by atoms with Gasteiger partial charge in [0.15, 0.2) is 5.82 Å². The third kappa shape index (κ3) is 4.20. The van der Waals surface area contributed by atoms with E-state index in [9.17, 15) is 4.79 Å². The van der Waals surface area contributed by atoms with Crippen LogP contribution in [0.1, 0.15) is 11.1 Å². The molecule has 1 fully saturated rings. The number of carbonyl (C=O) groups is 1. The molecule has 0 bridgehead atoms. The smallest absolute Gasteiger partial charge is 0.248 e. The number of amides is 1. The molecule has 1 aliphatic heterocycles. The molecule has 124 valence electrons. The van der Waals surface area contributed by atoms with E-state index in [0.717, 1.165) is 30.2 Å². The van der Waals surface area contributed by atoms with Crippen molar-refractivity contribution in [2.75, 3.05) is 36.5 Å². The van der Waals surface area contributed by atoms with E-state index < -0.39 is 0 Å². The fourth-order valence-corrected chi connectivity index (χ4v) is 2.64. The number of nitrogens with zero attached hydrogens (tertiary/aromatic N) is 2. The Morgan fingerprint density at radius 2 is 2.08 bits per heavy atom. The van der Waals surface area contributed by atoms with Gasteiger partial charge in [-0.05, 0) is 30.7 Å². The maximum absolute atomic E-state index is 12.2. The van der Waals surface area contributed by atoms with Crippen LogP contribution in [0.25, 0.3) is 6.08 Å². The molecule has 0 unspecified atom stereocenters. The summed E-state index contributed by atoms with van der Waals surface area (Å²) in [6.07, 6.45) is 5.10. The molecule has 0 aliphatic carbocycles. The molecule has 1 amide bonds. The van der Waals surface area contributed by atoms with E-state index in [4.69, 9.17) is 4.74 Å². The molecule has 1 aliphatic rings. The van der Waals surface area contributed by atoms with Crippen molar-refractivity contribution in [3.8, 4) is 0 Å². The Hall–Kier alpha value is -2.66. The summed E-state index contributed by atoms with van der Waals surface area (Å²) in [5.41, 5.74) is 2.89. The Kier molecular flexibility index (Phi) is 5.23. The van der Waals surface area contributed by atoms with Crippen LogP contribution in [0.5, 0.6) is 0 Å². The second kappa shape index (κ2) is 7.75. The summed E-state index contributed by atoms with van der Waals surface area (Å²) in [6, 6.07) is 11.7. The quantitative estimate of drug-likeness (QED) is 0.879. The zero-order valence-corrected chi connectivity index (χ0v) is 13.7. The van der Waals surface area contributed by atoms with Crippen LogP contribution >= 0.6 is 0 Å². The average Bonchev–Trinajstić information content (AvgIpc) is 2.61. The second-order valence-corrected chi connectivity index (χ2v) is 5.71. The van der Waals surface area contributed by atoms with E-state index in [1.165, 1.54) is 5.56 Å². The predicted octanol–water partition coefficient (Wildman–Crippen LogP) is 2.88. The molecular formula is C19H21N3O2. The van der Waals surface area contributed by atoms with E-state index in [1.807, 2.05) is 49.4 Å². The summed E-state index contributed by atoms with van der Waals surface area (Å²) < 4.78 is 5.37. The number of aryl methyl sites for hydroxylation is 1. The normalized spacial score (nSPS) is 14.8. The lowest BCUT2D eigenvalue weighted by atomic mass is 10.1. The van der Waals surface area contributed by atoms with Crippen LogP contribution in [0.4, 0.5) is 11.5 Å². The lowest BCUT2D eigenvalue weighted by molar-refractivity contribution is -0.111. The third-order valence-corrected chi connectivity index (χ3v) is 3.82. The maximum Gasteiger partial charge on any atom is 0.248 e. The lowest BCUT2D eigenvalue weighted by Crippen LogP contribution is -2.37. The summed E-state index contributed by atoms with van der Waals surface area (Å²) in [6.45, 7) is 4.94. The highest BCUT2D eigenvalue weighted by Crippen LogP contribution is 2.23. The number of benzene rings is 1. The maximum atomic E-state index is 12.2. The first-order valence-electron chi connectivity index (χ1n) is 8.06. The van der Waals surface area contributed by atoms with Crippen molar-refractivity contribution in [3.05, 3.63) is 59.8 Å². The Morgan fingerprint density at radius 3 is 2.88 bits per heavy atom. The number of hydrogen-bond acceptors (Lipinski definition) is 4. The van der Waals surface area contributed by atoms with Crippen molar-refractivity contribution < 1.29 is 9.53 Å². The monoisotopic (exact) mass is 323 g/mol. The molecule has 2 heterocycles. The summed E-state index contributed by atoms with van der Waals surface area (Å²) in [4.78, 5) is 18.8. The first-order chi connectivity index (χ1) is 11.7. The number of ether oxygens (including phenoxy) is 1. The number of morpholine rings is 1. The van der Waals surface area contributed by atoms with E-state index >= 15 is 0 Å². The SMILES string of the molecule is Cc1cccc(/C=C/C(=O)Nc2cccnc2N2CCOCC2)c1. The minimum atomic E-state index is -0.168. The van der Waals surface area contributed by atoms with Gasteiger partial charge in [0, 0.05) is 25.4 Å². The van der Waals surface area contributed by atoms with Gasteiger partial charge in [0.05, 0.1) is 18.9 Å². The van der Waals surface area contributed by atoms with Gasteiger partial charge in [-0.25, -0.2) is 4.98 Å². The molecule has 0 radical (unpaired) electrons. The van der Waals surface area contributed by atoms with Gasteiger partial charge in [-0.3, -0.25) is 4.79 Å². The second-order valence-electron chi connectivity index (χ2n) is 5.71. The molecule has 5 nitrogen and oxygen atoms in total. The van der Waals surface area contributed by atoms with Crippen molar-refractivity contribution >= 4 is 23.5 Å². The van der Waals surface area contributed by atoms with Gasteiger partial charge in [0.1, 0.15) is 0 Å². The standard InChI is InChI=1S/C19H21N3O2/c1-15-4-2-5-16(14-15)7-8-18(23)21-17-6-3-9-20-19(17)22-10-12-24-13-11-22/h2-9,14H,10-13H2,1H3,(H,21,23)/b8-7+. The molecule has 0 atom stereocenters. The molecule has 1 aromatic heterocycles. The fourth-order valence-electron chi connectivity index (χ4n) is 2.64. The van der Waals surface area contributed by atoms with Gasteiger partial charge in [-0.1, -0.05) is 29.8 Å². The van der Waals surface area contributed by atoms with Gasteiger partial charge in [-0.2, -0.15) is 0 Å². The van der Waals surface area contributed by atoms with Crippen molar-refractivity contribution in [3.63, 3.8) is 0 Å². The topological polar surface area (TPSA) is 54.5 Å². The van der Waals surface area contributed by atoms with Crippen LogP contribution in [-0.4, -0.2) is 37.2 Å². The highest BCUT2D eigenvalue weighted by atomic mass is 16.5. The van der Waals surface area contributed by atoms with Crippen molar-refractivity contribution in [2.24, 2.45) is 0 Å². The molecule has 5 heteroatoms. The number of rotatable bonds is 4. The van der Waals surface area contributed by atoms with Crippen molar-refractivity contribution in [2.45, 2.75) is 6.92 Å². The highest BCUT2D eigenvalue weighted by molar-refractivity contribution is 6.03.